The van der Waals surface area contributed by atoms with Crippen molar-refractivity contribution < 1.29 is 80.2 Å². The van der Waals surface area contributed by atoms with Crippen LogP contribution in [0.4, 0.5) is 0 Å². The van der Waals surface area contributed by atoms with E-state index in [0.29, 0.717) is 25.7 Å². The van der Waals surface area contributed by atoms with Crippen LogP contribution >= 0.6 is 15.6 Å². The number of aliphatic hydroxyl groups excluding tert-OH is 1. The summed E-state index contributed by atoms with van der Waals surface area (Å²) in [5.41, 5.74) is 0. The van der Waals surface area contributed by atoms with Crippen LogP contribution in [0.25, 0.3) is 0 Å². The van der Waals surface area contributed by atoms with Crippen LogP contribution < -0.4 is 0 Å². The van der Waals surface area contributed by atoms with E-state index in [1.807, 2.05) is 0 Å². The predicted octanol–water partition coefficient (Wildman–Crippen LogP) is 23.7. The number of hydrogen-bond acceptors (Lipinski definition) is 15. The fourth-order valence-electron chi connectivity index (χ4n) is 12.3. The highest BCUT2D eigenvalue weighted by Gasteiger charge is 2.30. The number of hydrogen-bond donors (Lipinski definition) is 3. The second-order valence-corrected chi connectivity index (χ2v) is 32.9. The highest BCUT2D eigenvalue weighted by Crippen LogP contribution is 2.45. The summed E-state index contributed by atoms with van der Waals surface area (Å²) in [7, 11) is -9.91. The monoisotopic (exact) mass is 1450 g/mol. The van der Waals surface area contributed by atoms with Crippen molar-refractivity contribution in [2.45, 2.75) is 433 Å². The highest BCUT2D eigenvalue weighted by atomic mass is 31.2. The minimum atomic E-state index is -4.96. The molecule has 99 heavy (non-hydrogen) atoms. The summed E-state index contributed by atoms with van der Waals surface area (Å²) < 4.78 is 68.6. The molecule has 0 saturated carbocycles. The molecule has 588 valence electrons. The summed E-state index contributed by atoms with van der Waals surface area (Å²) >= 11 is 0. The van der Waals surface area contributed by atoms with Gasteiger partial charge in [0.15, 0.2) is 12.2 Å². The molecule has 0 bridgehead atoms. The van der Waals surface area contributed by atoms with Gasteiger partial charge in [0.2, 0.25) is 0 Å². The summed E-state index contributed by atoms with van der Waals surface area (Å²) in [6, 6.07) is 0. The maximum Gasteiger partial charge on any atom is 0.472 e. The SMILES string of the molecule is CCCCCCCCCC(=O)OC[C@H](COP(=O)(O)OC[C@H](O)COP(=O)(O)OC[C@@H](COC(=O)CCCCCCCCCCCCCCCCC(C)CC)OC(=O)CCCCCCCCCCCCCCCCCCC(C)C)OC(=O)CCCCCCCCCCCCCCC(C)C. The number of rotatable bonds is 78. The third-order valence-corrected chi connectivity index (χ3v) is 20.9. The number of phosphoric acid groups is 2. The number of aliphatic hydroxyl groups is 1. The van der Waals surface area contributed by atoms with E-state index in [2.05, 4.69) is 48.5 Å². The maximum atomic E-state index is 13.1. The highest BCUT2D eigenvalue weighted by molar-refractivity contribution is 7.47. The number of phosphoric ester groups is 2. The van der Waals surface area contributed by atoms with Crippen molar-refractivity contribution in [3.63, 3.8) is 0 Å². The molecule has 0 aromatic heterocycles. The minimum absolute atomic E-state index is 0.106. The first kappa shape index (κ1) is 97.1. The molecule has 6 atom stereocenters. The van der Waals surface area contributed by atoms with Gasteiger partial charge in [0.1, 0.15) is 19.3 Å². The Labute approximate surface area is 607 Å². The number of ether oxygens (including phenoxy) is 4. The van der Waals surface area contributed by atoms with Crippen LogP contribution in [-0.4, -0.2) is 96.7 Å². The van der Waals surface area contributed by atoms with Crippen LogP contribution in [0, 0.1) is 17.8 Å². The first-order valence-corrected chi connectivity index (χ1v) is 44.4. The van der Waals surface area contributed by atoms with Gasteiger partial charge in [-0.3, -0.25) is 37.3 Å². The number of unbranched alkanes of at least 4 members (excludes halogenated alkanes) is 45. The third kappa shape index (κ3) is 72.8. The standard InChI is InChI=1S/C80H156O17P2/c1-8-10-11-12-37-47-54-61-77(82)90-67-75(96-79(84)64-57-50-43-36-30-24-23-26-32-39-45-52-59-72(5)6)69-94-98(86,87)92-65-74(81)66-93-99(88,89)95-70-76(68-91-78(83)62-55-48-41-34-28-21-18-17-20-27-33-40-46-53-60-73(7)9-2)97-80(85)63-56-49-42-35-29-22-16-14-13-15-19-25-31-38-44-51-58-71(3)4/h71-76,81H,8-70H2,1-7H3,(H,86,87)(H,88,89)/t73?,74-,75+,76+/m0/s1. The van der Waals surface area contributed by atoms with Crippen molar-refractivity contribution in [2.24, 2.45) is 17.8 Å². The Balaban J connectivity index is 5.19. The van der Waals surface area contributed by atoms with Gasteiger partial charge in [-0.25, -0.2) is 9.13 Å². The molecule has 3 N–H and O–H groups in total. The minimum Gasteiger partial charge on any atom is -0.462 e. The molecule has 0 aromatic rings. The van der Waals surface area contributed by atoms with Gasteiger partial charge < -0.3 is 33.8 Å². The lowest BCUT2D eigenvalue weighted by molar-refractivity contribution is -0.161. The van der Waals surface area contributed by atoms with Gasteiger partial charge in [-0.05, 0) is 43.4 Å². The Kier molecular flexibility index (Phi) is 69.0. The number of carbonyl (C=O) groups is 4. The summed E-state index contributed by atoms with van der Waals surface area (Å²) in [6.07, 6.45) is 58.3. The van der Waals surface area contributed by atoms with E-state index in [1.54, 1.807) is 0 Å². The molecule has 0 saturated heterocycles. The number of esters is 4. The maximum absolute atomic E-state index is 13.1. The lowest BCUT2D eigenvalue weighted by atomic mass is 9.99. The van der Waals surface area contributed by atoms with Gasteiger partial charge in [-0.2, -0.15) is 0 Å². The van der Waals surface area contributed by atoms with E-state index >= 15 is 0 Å². The van der Waals surface area contributed by atoms with Crippen molar-refractivity contribution in [1.29, 1.82) is 0 Å². The van der Waals surface area contributed by atoms with Gasteiger partial charge in [-0.15, -0.1) is 0 Å². The van der Waals surface area contributed by atoms with Crippen LogP contribution in [0.2, 0.25) is 0 Å². The normalized spacial score (nSPS) is 14.3. The summed E-state index contributed by atoms with van der Waals surface area (Å²) in [6.45, 7) is 12.0. The molecular formula is C80H156O17P2. The van der Waals surface area contributed by atoms with Crippen LogP contribution in [-0.2, 0) is 65.4 Å². The van der Waals surface area contributed by atoms with Crippen molar-refractivity contribution in [2.75, 3.05) is 39.6 Å². The third-order valence-electron chi connectivity index (χ3n) is 19.0. The molecule has 0 rings (SSSR count). The van der Waals surface area contributed by atoms with Gasteiger partial charge in [0, 0.05) is 25.7 Å². The molecule has 3 unspecified atom stereocenters. The molecule has 0 fully saturated rings. The topological polar surface area (TPSA) is 237 Å². The summed E-state index contributed by atoms with van der Waals surface area (Å²) in [4.78, 5) is 72.8. The molecule has 0 spiro atoms. The van der Waals surface area contributed by atoms with Crippen LogP contribution in [0.15, 0.2) is 0 Å². The summed E-state index contributed by atoms with van der Waals surface area (Å²) in [5.74, 6) is 0.320. The smallest absolute Gasteiger partial charge is 0.462 e. The lowest BCUT2D eigenvalue weighted by Crippen LogP contribution is -2.30. The average Bonchev–Trinajstić information content (AvgIpc) is 1.33. The first-order valence-electron chi connectivity index (χ1n) is 41.4. The second kappa shape index (κ2) is 70.4. The molecule has 0 radical (unpaired) electrons. The zero-order valence-corrected chi connectivity index (χ0v) is 66.8. The fraction of sp³-hybridized carbons (Fsp3) is 0.950. The Morgan fingerprint density at radius 1 is 0.293 bits per heavy atom. The second-order valence-electron chi connectivity index (χ2n) is 30.0. The first-order chi connectivity index (χ1) is 47.8. The molecule has 0 aliphatic heterocycles. The van der Waals surface area contributed by atoms with E-state index in [-0.39, 0.29) is 25.7 Å². The largest absolute Gasteiger partial charge is 0.472 e. The van der Waals surface area contributed by atoms with E-state index in [0.717, 1.165) is 120 Å². The molecule has 0 heterocycles. The van der Waals surface area contributed by atoms with Gasteiger partial charge in [-0.1, -0.05) is 363 Å². The fourth-order valence-corrected chi connectivity index (χ4v) is 13.9. The lowest BCUT2D eigenvalue weighted by Gasteiger charge is -2.21. The summed E-state index contributed by atoms with van der Waals surface area (Å²) in [5, 5.41) is 10.6. The molecule has 0 aliphatic rings. The Hall–Kier alpha value is -1.94. The van der Waals surface area contributed by atoms with Crippen LogP contribution in [0.1, 0.15) is 414 Å². The average molecular weight is 1450 g/mol. The van der Waals surface area contributed by atoms with Crippen molar-refractivity contribution in [1.82, 2.24) is 0 Å². The van der Waals surface area contributed by atoms with Gasteiger partial charge >= 0.3 is 39.5 Å². The molecular weight excluding hydrogens is 1290 g/mol. The Bertz CT molecular complexity index is 1920. The van der Waals surface area contributed by atoms with E-state index < -0.39 is 97.5 Å². The Morgan fingerprint density at radius 2 is 0.515 bits per heavy atom. The van der Waals surface area contributed by atoms with Crippen molar-refractivity contribution in [3.8, 4) is 0 Å². The van der Waals surface area contributed by atoms with Crippen LogP contribution in [0.3, 0.4) is 0 Å². The molecule has 17 nitrogen and oxygen atoms in total. The van der Waals surface area contributed by atoms with Crippen molar-refractivity contribution >= 4 is 39.5 Å². The quantitative estimate of drug-likeness (QED) is 0.0222. The molecule has 0 aliphatic carbocycles. The molecule has 0 aromatic carbocycles. The van der Waals surface area contributed by atoms with E-state index in [9.17, 15) is 43.2 Å². The van der Waals surface area contributed by atoms with E-state index in [1.165, 1.54) is 212 Å². The number of carbonyl (C=O) groups excluding carboxylic acids is 4. The van der Waals surface area contributed by atoms with Crippen LogP contribution in [0.5, 0.6) is 0 Å². The zero-order chi connectivity index (χ0) is 73.0. The Morgan fingerprint density at radius 3 is 0.768 bits per heavy atom. The molecule has 0 amide bonds. The predicted molar refractivity (Wildman–Crippen MR) is 405 cm³/mol. The molecule has 19 heteroatoms. The van der Waals surface area contributed by atoms with Crippen molar-refractivity contribution in [3.05, 3.63) is 0 Å². The van der Waals surface area contributed by atoms with Gasteiger partial charge in [0.25, 0.3) is 0 Å². The van der Waals surface area contributed by atoms with Gasteiger partial charge in [0.05, 0.1) is 26.4 Å². The zero-order valence-electron chi connectivity index (χ0n) is 65.0. The van der Waals surface area contributed by atoms with E-state index in [4.69, 9.17) is 37.0 Å².